The normalized spacial score (nSPS) is 16.4. The molecular weight excluding hydrogens is 303 g/mol. The quantitative estimate of drug-likeness (QED) is 0.926. The molecule has 1 N–H and O–H groups in total. The summed E-state index contributed by atoms with van der Waals surface area (Å²) in [6.45, 7) is 1.67. The summed E-state index contributed by atoms with van der Waals surface area (Å²) in [5.41, 5.74) is 0.708. The third-order valence-corrected chi connectivity index (χ3v) is 4.10. The van der Waals surface area contributed by atoms with E-state index in [9.17, 15) is 9.18 Å². The SMILES string of the molecule is COc1c(Br)cc(F)c(C)c1C1(CC(=O)O)CC1. The monoisotopic (exact) mass is 316 g/mol. The molecule has 1 fully saturated rings. The summed E-state index contributed by atoms with van der Waals surface area (Å²) in [5.74, 6) is -0.656. The maximum Gasteiger partial charge on any atom is 0.304 e. The van der Waals surface area contributed by atoms with Crippen molar-refractivity contribution < 1.29 is 19.0 Å². The molecule has 0 aromatic heterocycles. The Bertz CT molecular complexity index is 509. The predicted molar refractivity (Wildman–Crippen MR) is 68.6 cm³/mol. The van der Waals surface area contributed by atoms with Crippen molar-refractivity contribution in [3.05, 3.63) is 27.5 Å². The van der Waals surface area contributed by atoms with Crippen molar-refractivity contribution in [1.29, 1.82) is 0 Å². The second-order valence-corrected chi connectivity index (χ2v) is 5.58. The van der Waals surface area contributed by atoms with Gasteiger partial charge in [0.05, 0.1) is 18.0 Å². The number of hydrogen-bond donors (Lipinski definition) is 1. The average molecular weight is 317 g/mol. The number of rotatable bonds is 4. The van der Waals surface area contributed by atoms with Gasteiger partial charge < -0.3 is 9.84 Å². The molecule has 0 aliphatic heterocycles. The van der Waals surface area contributed by atoms with Crippen LogP contribution in [0.1, 0.15) is 30.4 Å². The van der Waals surface area contributed by atoms with Crippen LogP contribution in [0.3, 0.4) is 0 Å². The average Bonchev–Trinajstić information content (AvgIpc) is 3.02. The molecule has 5 heteroatoms. The van der Waals surface area contributed by atoms with Crippen LogP contribution in [0, 0.1) is 12.7 Å². The van der Waals surface area contributed by atoms with Gasteiger partial charge in [0.25, 0.3) is 0 Å². The van der Waals surface area contributed by atoms with E-state index >= 15 is 0 Å². The van der Waals surface area contributed by atoms with Crippen LogP contribution in [0.15, 0.2) is 10.5 Å². The number of methoxy groups -OCH3 is 1. The van der Waals surface area contributed by atoms with E-state index in [4.69, 9.17) is 9.84 Å². The summed E-state index contributed by atoms with van der Waals surface area (Å²) < 4.78 is 19.7. The lowest BCUT2D eigenvalue weighted by molar-refractivity contribution is -0.137. The fourth-order valence-corrected chi connectivity index (χ4v) is 3.05. The van der Waals surface area contributed by atoms with Crippen LogP contribution >= 0.6 is 15.9 Å². The highest BCUT2D eigenvalue weighted by Crippen LogP contribution is 2.56. The van der Waals surface area contributed by atoms with Crippen molar-refractivity contribution >= 4 is 21.9 Å². The zero-order chi connectivity index (χ0) is 13.5. The van der Waals surface area contributed by atoms with Crippen molar-refractivity contribution in [2.45, 2.75) is 31.6 Å². The van der Waals surface area contributed by atoms with Gasteiger partial charge in [0, 0.05) is 11.0 Å². The Kier molecular flexibility index (Phi) is 3.36. The second-order valence-electron chi connectivity index (χ2n) is 4.72. The fraction of sp³-hybridized carbons (Fsp3) is 0.462. The van der Waals surface area contributed by atoms with E-state index in [2.05, 4.69) is 15.9 Å². The first-order valence-corrected chi connectivity index (χ1v) is 6.45. The molecule has 3 nitrogen and oxygen atoms in total. The van der Waals surface area contributed by atoms with Crippen LogP contribution in [0.5, 0.6) is 5.75 Å². The molecule has 0 atom stereocenters. The van der Waals surface area contributed by atoms with Gasteiger partial charge >= 0.3 is 5.97 Å². The molecule has 0 bridgehead atoms. The molecule has 0 amide bonds. The van der Waals surface area contributed by atoms with Gasteiger partial charge in [0.1, 0.15) is 11.6 Å². The molecule has 0 radical (unpaired) electrons. The Morgan fingerprint density at radius 1 is 1.61 bits per heavy atom. The second kappa shape index (κ2) is 4.53. The van der Waals surface area contributed by atoms with Crippen molar-refractivity contribution in [2.24, 2.45) is 0 Å². The van der Waals surface area contributed by atoms with Gasteiger partial charge in [-0.1, -0.05) is 0 Å². The number of benzene rings is 1. The lowest BCUT2D eigenvalue weighted by atomic mass is 9.88. The first kappa shape index (κ1) is 13.3. The predicted octanol–water partition coefficient (Wildman–Crippen LogP) is 3.41. The highest BCUT2D eigenvalue weighted by Gasteiger charge is 2.49. The number of carboxylic acid groups (broad SMARTS) is 1. The van der Waals surface area contributed by atoms with Crippen LogP contribution in [-0.2, 0) is 10.2 Å². The van der Waals surface area contributed by atoms with Crippen molar-refractivity contribution in [3.8, 4) is 5.75 Å². The van der Waals surface area contributed by atoms with Gasteiger partial charge in [-0.15, -0.1) is 0 Å². The van der Waals surface area contributed by atoms with E-state index in [1.54, 1.807) is 6.92 Å². The van der Waals surface area contributed by atoms with E-state index in [-0.39, 0.29) is 12.2 Å². The zero-order valence-electron chi connectivity index (χ0n) is 10.2. The molecule has 1 aromatic rings. The Labute approximate surface area is 113 Å². The minimum absolute atomic E-state index is 0.0140. The molecule has 2 rings (SSSR count). The maximum atomic E-state index is 13.8. The summed E-state index contributed by atoms with van der Waals surface area (Å²) in [6, 6.07) is 1.36. The molecule has 1 saturated carbocycles. The molecule has 0 spiro atoms. The first-order valence-electron chi connectivity index (χ1n) is 5.66. The van der Waals surface area contributed by atoms with Crippen molar-refractivity contribution in [2.75, 3.05) is 7.11 Å². The minimum Gasteiger partial charge on any atom is -0.495 e. The number of ether oxygens (including phenoxy) is 1. The number of carbonyl (C=O) groups is 1. The molecule has 1 aromatic carbocycles. The smallest absolute Gasteiger partial charge is 0.304 e. The lowest BCUT2D eigenvalue weighted by Crippen LogP contribution is -2.16. The Hall–Kier alpha value is -1.10. The lowest BCUT2D eigenvalue weighted by Gasteiger charge is -2.21. The third kappa shape index (κ3) is 2.11. The number of aliphatic carboxylic acids is 1. The van der Waals surface area contributed by atoms with Crippen LogP contribution in [0.4, 0.5) is 4.39 Å². The summed E-state index contributed by atoms with van der Waals surface area (Å²) in [4.78, 5) is 11.0. The third-order valence-electron chi connectivity index (χ3n) is 3.51. The Balaban J connectivity index is 2.59. The topological polar surface area (TPSA) is 46.5 Å². The van der Waals surface area contributed by atoms with E-state index < -0.39 is 11.4 Å². The fourth-order valence-electron chi connectivity index (χ4n) is 2.49. The number of halogens is 2. The van der Waals surface area contributed by atoms with Crippen molar-refractivity contribution in [3.63, 3.8) is 0 Å². The van der Waals surface area contributed by atoms with E-state index in [1.165, 1.54) is 13.2 Å². The van der Waals surface area contributed by atoms with Crippen molar-refractivity contribution in [1.82, 2.24) is 0 Å². The molecule has 1 aliphatic rings. The zero-order valence-corrected chi connectivity index (χ0v) is 11.8. The van der Waals surface area contributed by atoms with Crippen LogP contribution in [0.2, 0.25) is 0 Å². The summed E-state index contributed by atoms with van der Waals surface area (Å²) >= 11 is 3.27. The number of hydrogen-bond acceptors (Lipinski definition) is 2. The minimum atomic E-state index is -0.866. The molecule has 1 aliphatic carbocycles. The van der Waals surface area contributed by atoms with Gasteiger partial charge in [-0.25, -0.2) is 4.39 Å². The largest absolute Gasteiger partial charge is 0.495 e. The molecule has 0 heterocycles. The Morgan fingerprint density at radius 3 is 2.67 bits per heavy atom. The molecule has 0 saturated heterocycles. The standard InChI is InChI=1S/C13H14BrFO3/c1-7-9(15)5-8(14)12(18-2)11(7)13(3-4-13)6-10(16)17/h5H,3-4,6H2,1-2H3,(H,16,17). The van der Waals surface area contributed by atoms with Crippen LogP contribution in [-0.4, -0.2) is 18.2 Å². The maximum absolute atomic E-state index is 13.8. The summed E-state index contributed by atoms with van der Waals surface area (Å²) in [7, 11) is 1.51. The highest BCUT2D eigenvalue weighted by atomic mass is 79.9. The molecular formula is C13H14BrFO3. The van der Waals surface area contributed by atoms with Crippen LogP contribution in [0.25, 0.3) is 0 Å². The molecule has 0 unspecified atom stereocenters. The highest BCUT2D eigenvalue weighted by molar-refractivity contribution is 9.10. The van der Waals surface area contributed by atoms with Gasteiger partial charge in [-0.2, -0.15) is 0 Å². The van der Waals surface area contributed by atoms with E-state index in [1.807, 2.05) is 0 Å². The Morgan fingerprint density at radius 2 is 2.22 bits per heavy atom. The van der Waals surface area contributed by atoms with Gasteiger partial charge in [0.15, 0.2) is 0 Å². The van der Waals surface area contributed by atoms with Gasteiger partial charge in [-0.05, 0) is 47.3 Å². The number of carboxylic acids is 1. The summed E-state index contributed by atoms with van der Waals surface area (Å²) in [6.07, 6.45) is 1.53. The van der Waals surface area contributed by atoms with Gasteiger partial charge in [0.2, 0.25) is 0 Å². The first-order chi connectivity index (χ1) is 8.41. The van der Waals surface area contributed by atoms with Crippen LogP contribution < -0.4 is 4.74 Å². The van der Waals surface area contributed by atoms with Gasteiger partial charge in [-0.3, -0.25) is 4.79 Å². The summed E-state index contributed by atoms with van der Waals surface area (Å²) in [5, 5.41) is 9.00. The van der Waals surface area contributed by atoms with E-state index in [0.29, 0.717) is 21.3 Å². The molecule has 98 valence electrons. The molecule has 18 heavy (non-hydrogen) atoms. The van der Waals surface area contributed by atoms with E-state index in [0.717, 1.165) is 12.8 Å².